The Bertz CT molecular complexity index is 468. The number of benzene rings is 1. The molecule has 2 aromatic rings. The molecule has 1 aromatic carbocycles. The van der Waals surface area contributed by atoms with Crippen molar-refractivity contribution in [3.8, 4) is 0 Å². The molecule has 1 aliphatic rings. The largest absolute Gasteiger partial charge is 0.361 e. The molecular weight excluding hydrogens is 196 g/mol. The van der Waals surface area contributed by atoms with E-state index in [4.69, 9.17) is 0 Å². The van der Waals surface area contributed by atoms with Gasteiger partial charge in [-0.3, -0.25) is 0 Å². The number of nitrogens with one attached hydrogen (secondary N) is 2. The number of H-pyrrole nitrogens is 1. The number of aromatic nitrogens is 1. The highest BCUT2D eigenvalue weighted by atomic mass is 14.9. The quantitative estimate of drug-likeness (QED) is 0.804. The van der Waals surface area contributed by atoms with Crippen LogP contribution in [-0.4, -0.2) is 11.5 Å². The van der Waals surface area contributed by atoms with Crippen molar-refractivity contribution in [2.24, 2.45) is 5.92 Å². The first-order valence-electron chi connectivity index (χ1n) is 6.18. The van der Waals surface area contributed by atoms with Gasteiger partial charge in [-0.2, -0.15) is 0 Å². The van der Waals surface area contributed by atoms with Crippen LogP contribution in [0.1, 0.15) is 24.8 Å². The second-order valence-corrected chi connectivity index (χ2v) is 4.83. The molecule has 0 atom stereocenters. The van der Waals surface area contributed by atoms with Gasteiger partial charge in [0, 0.05) is 18.3 Å². The van der Waals surface area contributed by atoms with E-state index in [0.717, 1.165) is 12.5 Å². The van der Waals surface area contributed by atoms with Crippen LogP contribution in [0.2, 0.25) is 0 Å². The van der Waals surface area contributed by atoms with Crippen molar-refractivity contribution in [1.82, 2.24) is 10.3 Å². The zero-order valence-electron chi connectivity index (χ0n) is 9.50. The van der Waals surface area contributed by atoms with E-state index in [1.807, 2.05) is 6.20 Å². The Hall–Kier alpha value is -1.28. The second-order valence-electron chi connectivity index (χ2n) is 4.83. The number of rotatable bonds is 4. The van der Waals surface area contributed by atoms with Gasteiger partial charge in [-0.1, -0.05) is 18.6 Å². The molecule has 0 saturated heterocycles. The predicted molar refractivity (Wildman–Crippen MR) is 67.3 cm³/mol. The lowest BCUT2D eigenvalue weighted by Crippen LogP contribution is -2.26. The summed E-state index contributed by atoms with van der Waals surface area (Å²) in [6.07, 6.45) is 6.27. The lowest BCUT2D eigenvalue weighted by Gasteiger charge is -2.25. The Labute approximate surface area is 96.1 Å². The molecule has 0 aliphatic heterocycles. The van der Waals surface area contributed by atoms with Crippen LogP contribution in [0.3, 0.4) is 0 Å². The smallest absolute Gasteiger partial charge is 0.0457 e. The van der Waals surface area contributed by atoms with Crippen LogP contribution in [0.15, 0.2) is 30.5 Å². The molecular formula is C14H18N2. The molecule has 1 aliphatic carbocycles. The third-order valence-electron chi connectivity index (χ3n) is 3.61. The lowest BCUT2D eigenvalue weighted by molar-refractivity contribution is 0.301. The van der Waals surface area contributed by atoms with Gasteiger partial charge in [0.2, 0.25) is 0 Å². The fourth-order valence-electron chi connectivity index (χ4n) is 2.32. The molecule has 2 N–H and O–H groups in total. The van der Waals surface area contributed by atoms with Crippen molar-refractivity contribution in [3.05, 3.63) is 36.0 Å². The van der Waals surface area contributed by atoms with Crippen molar-refractivity contribution in [2.75, 3.05) is 6.54 Å². The van der Waals surface area contributed by atoms with Crippen molar-refractivity contribution < 1.29 is 0 Å². The Morgan fingerprint density at radius 2 is 2.19 bits per heavy atom. The minimum atomic E-state index is 0.939. The second kappa shape index (κ2) is 4.30. The molecule has 0 radical (unpaired) electrons. The first-order chi connectivity index (χ1) is 7.92. The molecule has 16 heavy (non-hydrogen) atoms. The summed E-state index contributed by atoms with van der Waals surface area (Å²) in [5.74, 6) is 0.939. The van der Waals surface area contributed by atoms with Crippen LogP contribution < -0.4 is 5.32 Å². The zero-order chi connectivity index (χ0) is 10.8. The van der Waals surface area contributed by atoms with Gasteiger partial charge in [0.05, 0.1) is 0 Å². The first kappa shape index (κ1) is 9.91. The number of aromatic amines is 1. The Kier molecular flexibility index (Phi) is 2.66. The van der Waals surface area contributed by atoms with Crippen molar-refractivity contribution in [1.29, 1.82) is 0 Å². The number of fused-ring (bicyclic) bond motifs is 1. The monoisotopic (exact) mass is 214 g/mol. The van der Waals surface area contributed by atoms with Gasteiger partial charge in [-0.05, 0) is 48.4 Å². The minimum Gasteiger partial charge on any atom is -0.361 e. The molecule has 0 bridgehead atoms. The molecule has 0 spiro atoms. The number of hydrogen-bond acceptors (Lipinski definition) is 1. The summed E-state index contributed by atoms with van der Waals surface area (Å²) >= 11 is 0. The van der Waals surface area contributed by atoms with Gasteiger partial charge in [-0.25, -0.2) is 0 Å². The summed E-state index contributed by atoms with van der Waals surface area (Å²) in [5.41, 5.74) is 2.61. The fourth-order valence-corrected chi connectivity index (χ4v) is 2.32. The maximum Gasteiger partial charge on any atom is 0.0457 e. The molecule has 84 valence electrons. The van der Waals surface area contributed by atoms with Crippen LogP contribution in [0, 0.1) is 5.92 Å². The standard InChI is InChI=1S/C14H18N2/c1-2-11(3-1)9-15-10-12-4-5-13-6-7-16-14(13)8-12/h4-8,11,15-16H,1-3,9-10H2. The third kappa shape index (κ3) is 1.98. The fraction of sp³-hybridized carbons (Fsp3) is 0.429. The molecule has 3 rings (SSSR count). The average Bonchev–Trinajstić information content (AvgIpc) is 2.68. The molecule has 2 heteroatoms. The van der Waals surface area contributed by atoms with Crippen LogP contribution in [0.5, 0.6) is 0 Å². The summed E-state index contributed by atoms with van der Waals surface area (Å²) in [6.45, 7) is 2.17. The van der Waals surface area contributed by atoms with E-state index in [9.17, 15) is 0 Å². The third-order valence-corrected chi connectivity index (χ3v) is 3.61. The maximum atomic E-state index is 3.55. The summed E-state index contributed by atoms with van der Waals surface area (Å²) in [6, 6.07) is 8.75. The summed E-state index contributed by atoms with van der Waals surface area (Å²) in [4.78, 5) is 3.25. The van der Waals surface area contributed by atoms with Gasteiger partial charge >= 0.3 is 0 Å². The molecule has 0 unspecified atom stereocenters. The molecule has 1 fully saturated rings. The highest BCUT2D eigenvalue weighted by Gasteiger charge is 2.16. The van der Waals surface area contributed by atoms with Gasteiger partial charge in [0.1, 0.15) is 0 Å². The van der Waals surface area contributed by atoms with Crippen molar-refractivity contribution in [2.45, 2.75) is 25.8 Å². The van der Waals surface area contributed by atoms with E-state index in [2.05, 4.69) is 34.6 Å². The highest BCUT2D eigenvalue weighted by molar-refractivity contribution is 5.79. The van der Waals surface area contributed by atoms with Gasteiger partial charge in [-0.15, -0.1) is 0 Å². The Morgan fingerprint density at radius 3 is 3.00 bits per heavy atom. The normalized spacial score (nSPS) is 16.5. The van der Waals surface area contributed by atoms with Crippen LogP contribution >= 0.6 is 0 Å². The van der Waals surface area contributed by atoms with E-state index in [0.29, 0.717) is 0 Å². The summed E-state index contributed by atoms with van der Waals surface area (Å²) in [7, 11) is 0. The predicted octanol–water partition coefficient (Wildman–Crippen LogP) is 3.06. The van der Waals surface area contributed by atoms with Crippen molar-refractivity contribution in [3.63, 3.8) is 0 Å². The van der Waals surface area contributed by atoms with E-state index >= 15 is 0 Å². The summed E-state index contributed by atoms with van der Waals surface area (Å²) in [5, 5.41) is 4.84. The highest BCUT2D eigenvalue weighted by Crippen LogP contribution is 2.25. The van der Waals surface area contributed by atoms with E-state index < -0.39 is 0 Å². The number of hydrogen-bond donors (Lipinski definition) is 2. The minimum absolute atomic E-state index is 0.939. The van der Waals surface area contributed by atoms with Crippen LogP contribution in [-0.2, 0) is 6.54 Å². The van der Waals surface area contributed by atoms with Crippen LogP contribution in [0.4, 0.5) is 0 Å². The van der Waals surface area contributed by atoms with Gasteiger partial charge < -0.3 is 10.3 Å². The molecule has 1 aromatic heterocycles. The van der Waals surface area contributed by atoms with Crippen molar-refractivity contribution >= 4 is 10.9 Å². The SMILES string of the molecule is c1cc2ccc(CNCC3CCC3)cc2[nH]1. The molecule has 1 heterocycles. The first-order valence-corrected chi connectivity index (χ1v) is 6.18. The molecule has 2 nitrogen and oxygen atoms in total. The zero-order valence-corrected chi connectivity index (χ0v) is 9.50. The lowest BCUT2D eigenvalue weighted by atomic mass is 9.85. The Morgan fingerprint density at radius 1 is 1.25 bits per heavy atom. The van der Waals surface area contributed by atoms with Crippen LogP contribution in [0.25, 0.3) is 10.9 Å². The van der Waals surface area contributed by atoms with E-state index in [1.165, 1.54) is 42.3 Å². The average molecular weight is 214 g/mol. The molecule has 0 amide bonds. The molecule has 1 saturated carbocycles. The van der Waals surface area contributed by atoms with Gasteiger partial charge in [0.15, 0.2) is 0 Å². The summed E-state index contributed by atoms with van der Waals surface area (Å²) < 4.78 is 0. The topological polar surface area (TPSA) is 27.8 Å². The van der Waals surface area contributed by atoms with Gasteiger partial charge in [0.25, 0.3) is 0 Å². The Balaban J connectivity index is 1.60. The van der Waals surface area contributed by atoms with E-state index in [-0.39, 0.29) is 0 Å². The maximum absolute atomic E-state index is 3.55. The van der Waals surface area contributed by atoms with E-state index in [1.54, 1.807) is 0 Å².